The molecule has 0 N–H and O–H groups in total. The molecule has 1 aliphatic heterocycles. The van der Waals surface area contributed by atoms with Gasteiger partial charge in [0.15, 0.2) is 0 Å². The van der Waals surface area contributed by atoms with Crippen LogP contribution in [0.1, 0.15) is 27.2 Å². The van der Waals surface area contributed by atoms with E-state index in [9.17, 15) is 14.4 Å². The third-order valence-electron chi connectivity index (χ3n) is 5.17. The molecule has 3 aromatic heterocycles. The molecule has 4 heterocycles. The van der Waals surface area contributed by atoms with Crippen LogP contribution < -0.4 is 0 Å². The largest absolute Gasteiger partial charge is 0.328 e. The minimum absolute atomic E-state index is 0.187. The third kappa shape index (κ3) is 3.42. The van der Waals surface area contributed by atoms with E-state index < -0.39 is 5.82 Å². The summed E-state index contributed by atoms with van der Waals surface area (Å²) < 4.78 is 15.0. The first kappa shape index (κ1) is 18.6. The van der Waals surface area contributed by atoms with Crippen LogP contribution in [0, 0.1) is 17.1 Å². The van der Waals surface area contributed by atoms with Crippen molar-refractivity contribution in [2.45, 2.75) is 13.1 Å². The van der Waals surface area contributed by atoms with Gasteiger partial charge in [-0.15, -0.1) is 0 Å². The van der Waals surface area contributed by atoms with Crippen molar-refractivity contribution >= 4 is 5.91 Å². The van der Waals surface area contributed by atoms with Gasteiger partial charge in [-0.2, -0.15) is 10.4 Å². The van der Waals surface area contributed by atoms with Gasteiger partial charge in [0.05, 0.1) is 42.0 Å². The summed E-state index contributed by atoms with van der Waals surface area (Å²) in [7, 11) is 0. The standard InChI is InChI=1S/C23H15FN6O/c24-18-7-19(11-27-10-18)30-13-17-12-29(14-22(17)28-30)23(31)21-6-15(8-25)3-4-20(21)16-2-1-5-26-9-16/h1-7,9-11,13H,12,14H2. The van der Waals surface area contributed by atoms with Gasteiger partial charge in [0.1, 0.15) is 5.82 Å². The highest BCUT2D eigenvalue weighted by atomic mass is 19.1. The fourth-order valence-corrected chi connectivity index (χ4v) is 3.69. The smallest absolute Gasteiger partial charge is 0.255 e. The average molecular weight is 410 g/mol. The minimum Gasteiger partial charge on any atom is -0.328 e. The van der Waals surface area contributed by atoms with Gasteiger partial charge < -0.3 is 4.90 Å². The molecule has 31 heavy (non-hydrogen) atoms. The summed E-state index contributed by atoms with van der Waals surface area (Å²) >= 11 is 0. The molecule has 0 fully saturated rings. The molecule has 0 saturated heterocycles. The van der Waals surface area contributed by atoms with Crippen LogP contribution in [0.4, 0.5) is 4.39 Å². The van der Waals surface area contributed by atoms with Crippen LogP contribution in [-0.2, 0) is 13.1 Å². The van der Waals surface area contributed by atoms with Crippen molar-refractivity contribution in [2.75, 3.05) is 0 Å². The second kappa shape index (κ2) is 7.46. The first-order chi connectivity index (χ1) is 15.1. The number of hydrogen-bond acceptors (Lipinski definition) is 5. The van der Waals surface area contributed by atoms with Gasteiger partial charge in [-0.1, -0.05) is 12.1 Å². The molecule has 1 aromatic carbocycles. The van der Waals surface area contributed by atoms with Crippen molar-refractivity contribution in [3.05, 3.63) is 95.6 Å². The summed E-state index contributed by atoms with van der Waals surface area (Å²) in [4.78, 5) is 23.0. The molecule has 0 spiro atoms. The first-order valence-electron chi connectivity index (χ1n) is 9.54. The van der Waals surface area contributed by atoms with Gasteiger partial charge in [-0.05, 0) is 23.8 Å². The SMILES string of the molecule is N#Cc1ccc(-c2cccnc2)c(C(=O)N2Cc3cn(-c4cncc(F)c4)nc3C2)c1. The maximum atomic E-state index is 13.5. The number of carbonyl (C=O) groups is 1. The lowest BCUT2D eigenvalue weighted by Crippen LogP contribution is -2.26. The van der Waals surface area contributed by atoms with E-state index >= 15 is 0 Å². The van der Waals surface area contributed by atoms with E-state index in [4.69, 9.17) is 0 Å². The molecule has 8 heteroatoms. The number of halogens is 1. The average Bonchev–Trinajstić information content (AvgIpc) is 3.38. The number of carbonyl (C=O) groups excluding carboxylic acids is 1. The number of pyridine rings is 2. The summed E-state index contributed by atoms with van der Waals surface area (Å²) in [6.07, 6.45) is 7.81. The molecule has 0 radical (unpaired) electrons. The highest BCUT2D eigenvalue weighted by Crippen LogP contribution is 2.29. The molecule has 1 aliphatic rings. The Morgan fingerprint density at radius 2 is 2.00 bits per heavy atom. The van der Waals surface area contributed by atoms with E-state index in [1.807, 2.05) is 6.07 Å². The highest BCUT2D eigenvalue weighted by molar-refractivity contribution is 6.01. The van der Waals surface area contributed by atoms with E-state index in [1.165, 1.54) is 12.3 Å². The maximum absolute atomic E-state index is 13.5. The van der Waals surface area contributed by atoms with Crippen molar-refractivity contribution < 1.29 is 9.18 Å². The van der Waals surface area contributed by atoms with E-state index in [2.05, 4.69) is 21.1 Å². The number of nitriles is 1. The van der Waals surface area contributed by atoms with Crippen LogP contribution in [0.3, 0.4) is 0 Å². The second-order valence-electron chi connectivity index (χ2n) is 7.18. The van der Waals surface area contributed by atoms with Gasteiger partial charge in [0.25, 0.3) is 5.91 Å². The van der Waals surface area contributed by atoms with Crippen LogP contribution in [-0.4, -0.2) is 30.6 Å². The number of benzene rings is 1. The summed E-state index contributed by atoms with van der Waals surface area (Å²) in [6, 6.07) is 12.2. The predicted molar refractivity (Wildman–Crippen MR) is 109 cm³/mol. The van der Waals surface area contributed by atoms with Crippen molar-refractivity contribution in [1.82, 2.24) is 24.6 Å². The Bertz CT molecular complexity index is 1320. The zero-order valence-electron chi connectivity index (χ0n) is 16.2. The highest BCUT2D eigenvalue weighted by Gasteiger charge is 2.29. The fourth-order valence-electron chi connectivity index (χ4n) is 3.69. The molecular formula is C23H15FN6O. The van der Waals surface area contributed by atoms with Crippen LogP contribution in [0.25, 0.3) is 16.8 Å². The number of fused-ring (bicyclic) bond motifs is 1. The van der Waals surface area contributed by atoms with E-state index in [1.54, 1.807) is 52.4 Å². The van der Waals surface area contributed by atoms with E-state index in [0.717, 1.165) is 28.6 Å². The zero-order valence-corrected chi connectivity index (χ0v) is 16.2. The van der Waals surface area contributed by atoms with Crippen molar-refractivity contribution in [1.29, 1.82) is 5.26 Å². The quantitative estimate of drug-likeness (QED) is 0.516. The third-order valence-corrected chi connectivity index (χ3v) is 5.17. The molecule has 150 valence electrons. The number of hydrogen-bond donors (Lipinski definition) is 0. The van der Waals surface area contributed by atoms with Crippen LogP contribution in [0.2, 0.25) is 0 Å². The molecule has 5 rings (SSSR count). The molecule has 4 aromatic rings. The zero-order chi connectivity index (χ0) is 21.4. The molecule has 0 atom stereocenters. The van der Waals surface area contributed by atoms with Gasteiger partial charge in [0.2, 0.25) is 0 Å². The lowest BCUT2D eigenvalue weighted by molar-refractivity contribution is 0.0750. The number of nitrogens with zero attached hydrogens (tertiary/aromatic N) is 6. The second-order valence-corrected chi connectivity index (χ2v) is 7.18. The summed E-state index contributed by atoms with van der Waals surface area (Å²) in [6.45, 7) is 0.702. The Hall–Kier alpha value is -4.38. The number of amides is 1. The number of aromatic nitrogens is 4. The van der Waals surface area contributed by atoms with Gasteiger partial charge in [0, 0.05) is 47.9 Å². The normalized spacial score (nSPS) is 12.5. The summed E-state index contributed by atoms with van der Waals surface area (Å²) in [5.74, 6) is -0.627. The molecule has 1 amide bonds. The Labute approximate surface area is 177 Å². The molecule has 0 bridgehead atoms. The molecule has 7 nitrogen and oxygen atoms in total. The van der Waals surface area contributed by atoms with Gasteiger partial charge in [-0.25, -0.2) is 9.07 Å². The maximum Gasteiger partial charge on any atom is 0.255 e. The van der Waals surface area contributed by atoms with Crippen LogP contribution >= 0.6 is 0 Å². The Morgan fingerprint density at radius 1 is 1.10 bits per heavy atom. The molecular weight excluding hydrogens is 395 g/mol. The predicted octanol–water partition coefficient (Wildman–Crippen LogP) is 3.50. The Kier molecular flexibility index (Phi) is 4.49. The summed E-state index contributed by atoms with van der Waals surface area (Å²) in [5.41, 5.74) is 4.53. The molecule has 0 unspecified atom stereocenters. The first-order valence-corrected chi connectivity index (χ1v) is 9.54. The lowest BCUT2D eigenvalue weighted by Gasteiger charge is -2.18. The minimum atomic E-state index is -0.440. The van der Waals surface area contributed by atoms with E-state index in [0.29, 0.717) is 29.9 Å². The molecule has 0 aliphatic carbocycles. The Morgan fingerprint density at radius 3 is 2.74 bits per heavy atom. The number of rotatable bonds is 3. The lowest BCUT2D eigenvalue weighted by atomic mass is 9.98. The van der Waals surface area contributed by atoms with Crippen LogP contribution in [0.15, 0.2) is 67.4 Å². The van der Waals surface area contributed by atoms with Gasteiger partial charge >= 0.3 is 0 Å². The van der Waals surface area contributed by atoms with Crippen molar-refractivity contribution in [2.24, 2.45) is 0 Å². The van der Waals surface area contributed by atoms with Crippen molar-refractivity contribution in [3.63, 3.8) is 0 Å². The van der Waals surface area contributed by atoms with Gasteiger partial charge in [-0.3, -0.25) is 14.8 Å². The van der Waals surface area contributed by atoms with E-state index in [-0.39, 0.29) is 5.91 Å². The fraction of sp³-hybridized carbons (Fsp3) is 0.0870. The van der Waals surface area contributed by atoms with Crippen LogP contribution in [0.5, 0.6) is 0 Å². The summed E-state index contributed by atoms with van der Waals surface area (Å²) in [5, 5.41) is 13.8. The molecule has 0 saturated carbocycles. The topological polar surface area (TPSA) is 87.7 Å². The van der Waals surface area contributed by atoms with Crippen molar-refractivity contribution in [3.8, 4) is 22.9 Å². The Balaban J connectivity index is 1.45. The monoisotopic (exact) mass is 410 g/mol.